The zero-order valence-electron chi connectivity index (χ0n) is 15.6. The summed E-state index contributed by atoms with van der Waals surface area (Å²) in [4.78, 5) is 7.71. The van der Waals surface area contributed by atoms with E-state index < -0.39 is 0 Å². The van der Waals surface area contributed by atoms with Crippen LogP contribution in [-0.4, -0.2) is 29.4 Å². The van der Waals surface area contributed by atoms with Crippen LogP contribution >= 0.6 is 0 Å². The molecule has 0 aromatic carbocycles. The molecule has 0 bridgehead atoms. The lowest BCUT2D eigenvalue weighted by atomic mass is 9.76. The number of piperidine rings is 1. The molecule has 128 valence electrons. The molecule has 0 aromatic rings. The number of aliphatic imine (C=N–C) groups is 1. The van der Waals surface area contributed by atoms with Crippen LogP contribution in [0.25, 0.3) is 0 Å². The quantitative estimate of drug-likeness (QED) is 0.656. The molecule has 2 rings (SSSR count). The number of amidine groups is 1. The Kier molecular flexibility index (Phi) is 6.77. The van der Waals surface area contributed by atoms with Gasteiger partial charge in [0.25, 0.3) is 0 Å². The Balaban J connectivity index is 2.17. The Morgan fingerprint density at radius 3 is 2.27 bits per heavy atom. The van der Waals surface area contributed by atoms with Crippen molar-refractivity contribution in [3.8, 4) is 0 Å². The summed E-state index contributed by atoms with van der Waals surface area (Å²) in [7, 11) is 0. The van der Waals surface area contributed by atoms with E-state index in [1.54, 1.807) is 0 Å². The van der Waals surface area contributed by atoms with Crippen LogP contribution in [-0.2, 0) is 0 Å². The molecule has 1 aliphatic carbocycles. The van der Waals surface area contributed by atoms with Gasteiger partial charge in [0.05, 0.1) is 0 Å². The highest BCUT2D eigenvalue weighted by molar-refractivity contribution is 5.86. The van der Waals surface area contributed by atoms with Gasteiger partial charge in [0.1, 0.15) is 5.84 Å². The van der Waals surface area contributed by atoms with E-state index in [0.29, 0.717) is 12.1 Å². The van der Waals surface area contributed by atoms with Crippen molar-refractivity contribution >= 4 is 5.84 Å². The first-order valence-corrected chi connectivity index (χ1v) is 9.83. The largest absolute Gasteiger partial charge is 0.358 e. The number of hydrogen-bond donors (Lipinski definition) is 0. The molecule has 2 nitrogen and oxygen atoms in total. The highest BCUT2D eigenvalue weighted by Crippen LogP contribution is 2.36. The number of hydrogen-bond acceptors (Lipinski definition) is 1. The standard InChI is InChI=1S/C20H38N2/c1-15(2)21-20-19-12-7-6-9-17(5)10-8-11-18(19)13-14-22(20)16(3)4/h15-19H,6-14H2,1-5H3/b21-20+. The van der Waals surface area contributed by atoms with Gasteiger partial charge in [0.2, 0.25) is 0 Å². The van der Waals surface area contributed by atoms with Gasteiger partial charge in [0.15, 0.2) is 0 Å². The van der Waals surface area contributed by atoms with Crippen molar-refractivity contribution < 1.29 is 0 Å². The lowest BCUT2D eigenvalue weighted by Gasteiger charge is -2.44. The fraction of sp³-hybridized carbons (Fsp3) is 0.950. The Morgan fingerprint density at radius 2 is 1.59 bits per heavy atom. The van der Waals surface area contributed by atoms with Crippen molar-refractivity contribution in [1.82, 2.24) is 4.90 Å². The van der Waals surface area contributed by atoms with Crippen molar-refractivity contribution in [2.24, 2.45) is 22.7 Å². The summed E-state index contributed by atoms with van der Waals surface area (Å²) >= 11 is 0. The molecule has 3 unspecified atom stereocenters. The lowest BCUT2D eigenvalue weighted by molar-refractivity contribution is 0.196. The van der Waals surface area contributed by atoms with E-state index in [1.807, 2.05) is 0 Å². The second kappa shape index (κ2) is 8.36. The molecule has 1 heterocycles. The van der Waals surface area contributed by atoms with E-state index in [9.17, 15) is 0 Å². The minimum Gasteiger partial charge on any atom is -0.358 e. The molecule has 1 aliphatic heterocycles. The van der Waals surface area contributed by atoms with Gasteiger partial charge in [-0.2, -0.15) is 0 Å². The predicted molar refractivity (Wildman–Crippen MR) is 97.5 cm³/mol. The summed E-state index contributed by atoms with van der Waals surface area (Å²) in [5.74, 6) is 4.01. The average molecular weight is 307 g/mol. The van der Waals surface area contributed by atoms with Crippen LogP contribution in [0.5, 0.6) is 0 Å². The van der Waals surface area contributed by atoms with Gasteiger partial charge in [-0.15, -0.1) is 0 Å². The van der Waals surface area contributed by atoms with Crippen LogP contribution < -0.4 is 0 Å². The van der Waals surface area contributed by atoms with Crippen molar-refractivity contribution in [2.45, 2.75) is 98.1 Å². The summed E-state index contributed by atoms with van der Waals surface area (Å²) < 4.78 is 0. The topological polar surface area (TPSA) is 15.6 Å². The van der Waals surface area contributed by atoms with E-state index in [0.717, 1.165) is 17.8 Å². The number of nitrogens with zero attached hydrogens (tertiary/aromatic N) is 2. The molecule has 0 aromatic heterocycles. The van der Waals surface area contributed by atoms with Gasteiger partial charge in [0, 0.05) is 24.5 Å². The molecular weight excluding hydrogens is 268 g/mol. The van der Waals surface area contributed by atoms with Gasteiger partial charge in [-0.25, -0.2) is 0 Å². The first-order valence-electron chi connectivity index (χ1n) is 9.83. The minimum absolute atomic E-state index is 0.422. The van der Waals surface area contributed by atoms with Crippen LogP contribution in [0.15, 0.2) is 4.99 Å². The molecular formula is C20H38N2. The van der Waals surface area contributed by atoms with Crippen LogP contribution in [0, 0.1) is 17.8 Å². The normalized spacial score (nSPS) is 33.3. The molecule has 2 aliphatic rings. The van der Waals surface area contributed by atoms with Crippen LogP contribution in [0.2, 0.25) is 0 Å². The zero-order chi connectivity index (χ0) is 16.1. The van der Waals surface area contributed by atoms with Gasteiger partial charge in [-0.1, -0.05) is 39.0 Å². The van der Waals surface area contributed by atoms with E-state index >= 15 is 0 Å². The van der Waals surface area contributed by atoms with Gasteiger partial charge < -0.3 is 4.90 Å². The molecule has 2 heteroatoms. The third kappa shape index (κ3) is 4.73. The van der Waals surface area contributed by atoms with Crippen molar-refractivity contribution in [2.75, 3.05) is 6.54 Å². The van der Waals surface area contributed by atoms with E-state index in [4.69, 9.17) is 4.99 Å². The fourth-order valence-electron chi connectivity index (χ4n) is 4.44. The predicted octanol–water partition coefficient (Wildman–Crippen LogP) is 5.52. The van der Waals surface area contributed by atoms with E-state index in [-0.39, 0.29) is 0 Å². The minimum atomic E-state index is 0.422. The van der Waals surface area contributed by atoms with Gasteiger partial charge in [-0.3, -0.25) is 4.99 Å². The maximum atomic E-state index is 5.11. The molecule has 0 spiro atoms. The monoisotopic (exact) mass is 306 g/mol. The van der Waals surface area contributed by atoms with E-state index in [1.165, 1.54) is 63.7 Å². The first-order chi connectivity index (χ1) is 10.5. The van der Waals surface area contributed by atoms with Crippen molar-refractivity contribution in [3.63, 3.8) is 0 Å². The second-order valence-electron chi connectivity index (χ2n) is 8.34. The lowest BCUT2D eigenvalue weighted by Crippen LogP contribution is -2.49. The van der Waals surface area contributed by atoms with Crippen LogP contribution in [0.3, 0.4) is 0 Å². The smallest absolute Gasteiger partial charge is 0.103 e. The van der Waals surface area contributed by atoms with Crippen LogP contribution in [0.4, 0.5) is 0 Å². The number of fused-ring (bicyclic) bond motifs is 1. The third-order valence-electron chi connectivity index (χ3n) is 5.68. The van der Waals surface area contributed by atoms with Crippen LogP contribution in [0.1, 0.15) is 86.0 Å². The molecule has 3 atom stereocenters. The highest BCUT2D eigenvalue weighted by Gasteiger charge is 2.35. The molecule has 0 amide bonds. The summed E-state index contributed by atoms with van der Waals surface area (Å²) in [6.45, 7) is 12.8. The number of likely N-dealkylation sites (tertiary alicyclic amines) is 1. The third-order valence-corrected chi connectivity index (χ3v) is 5.68. The summed E-state index contributed by atoms with van der Waals surface area (Å²) in [5.41, 5.74) is 0. The first kappa shape index (κ1) is 17.8. The Hall–Kier alpha value is -0.530. The molecule has 22 heavy (non-hydrogen) atoms. The summed E-state index contributed by atoms with van der Waals surface area (Å²) in [6.07, 6.45) is 11.3. The highest BCUT2D eigenvalue weighted by atomic mass is 15.2. The second-order valence-corrected chi connectivity index (χ2v) is 8.34. The molecule has 0 N–H and O–H groups in total. The van der Waals surface area contributed by atoms with Crippen molar-refractivity contribution in [3.05, 3.63) is 0 Å². The van der Waals surface area contributed by atoms with E-state index in [2.05, 4.69) is 39.5 Å². The Morgan fingerprint density at radius 1 is 0.909 bits per heavy atom. The summed E-state index contributed by atoms with van der Waals surface area (Å²) in [6, 6.07) is 1.01. The number of rotatable bonds is 2. The van der Waals surface area contributed by atoms with Crippen molar-refractivity contribution in [1.29, 1.82) is 0 Å². The average Bonchev–Trinajstić information content (AvgIpc) is 2.44. The Bertz CT molecular complexity index is 357. The fourth-order valence-corrected chi connectivity index (χ4v) is 4.44. The molecule has 2 fully saturated rings. The maximum absolute atomic E-state index is 5.11. The molecule has 1 saturated heterocycles. The summed E-state index contributed by atoms with van der Waals surface area (Å²) in [5, 5.41) is 0. The van der Waals surface area contributed by atoms with Gasteiger partial charge >= 0.3 is 0 Å². The zero-order valence-corrected chi connectivity index (χ0v) is 15.6. The SMILES string of the molecule is CC1CCCCC2/C(=N\C(C)C)N(C(C)C)CCC2CCC1. The molecule has 0 radical (unpaired) electrons. The maximum Gasteiger partial charge on any atom is 0.103 e. The Labute approximate surface area is 138 Å². The van der Waals surface area contributed by atoms with Gasteiger partial charge in [-0.05, 0) is 58.8 Å². The molecule has 1 saturated carbocycles.